The highest BCUT2D eigenvalue weighted by Gasteiger charge is 2.23. The van der Waals surface area contributed by atoms with Gasteiger partial charge in [-0.15, -0.1) is 0 Å². The topological polar surface area (TPSA) is 71.4 Å². The Morgan fingerprint density at radius 1 is 1.03 bits per heavy atom. The number of amides is 2. The van der Waals surface area contributed by atoms with Crippen LogP contribution in [0.3, 0.4) is 0 Å². The number of benzene rings is 2. The number of fused-ring (bicyclic) bond motifs is 1. The van der Waals surface area contributed by atoms with Gasteiger partial charge in [-0.1, -0.05) is 24.3 Å². The predicted octanol–water partition coefficient (Wildman–Crippen LogP) is 3.47. The van der Waals surface area contributed by atoms with Gasteiger partial charge < -0.3 is 14.8 Å². The molecule has 1 aromatic heterocycles. The SMILES string of the molecule is CCN(CC)C(=O)Cn1cc(C(=O)C(=O)Nc2cccc(F)c2)c2ccccc21. The summed E-state index contributed by atoms with van der Waals surface area (Å²) in [6.45, 7) is 5.06. The maximum atomic E-state index is 13.3. The van der Waals surface area contributed by atoms with Crippen LogP contribution in [0.4, 0.5) is 10.1 Å². The lowest BCUT2D eigenvalue weighted by atomic mass is 10.1. The number of ketones is 1. The van der Waals surface area contributed by atoms with Gasteiger partial charge in [-0.2, -0.15) is 0 Å². The van der Waals surface area contributed by atoms with Crippen LogP contribution < -0.4 is 5.32 Å². The number of likely N-dealkylation sites (N-methyl/N-ethyl adjacent to an activating group) is 1. The minimum atomic E-state index is -0.867. The Bertz CT molecular complexity index is 1070. The van der Waals surface area contributed by atoms with Gasteiger partial charge in [-0.25, -0.2) is 4.39 Å². The van der Waals surface area contributed by atoms with Crippen molar-refractivity contribution < 1.29 is 18.8 Å². The van der Waals surface area contributed by atoms with Gasteiger partial charge in [0.05, 0.1) is 5.56 Å². The lowest BCUT2D eigenvalue weighted by molar-refractivity contribution is -0.131. The van der Waals surface area contributed by atoms with Crippen LogP contribution in [-0.4, -0.2) is 40.2 Å². The molecule has 0 aliphatic rings. The van der Waals surface area contributed by atoms with E-state index in [4.69, 9.17) is 0 Å². The highest BCUT2D eigenvalue weighted by Crippen LogP contribution is 2.23. The molecule has 0 spiro atoms. The maximum absolute atomic E-state index is 13.3. The first-order valence-electron chi connectivity index (χ1n) is 9.41. The van der Waals surface area contributed by atoms with Gasteiger partial charge >= 0.3 is 0 Å². The second-order valence-electron chi connectivity index (χ2n) is 6.55. The molecule has 3 aromatic rings. The summed E-state index contributed by atoms with van der Waals surface area (Å²) in [6, 6.07) is 12.4. The molecule has 6 nitrogen and oxygen atoms in total. The van der Waals surface area contributed by atoms with E-state index in [0.717, 1.165) is 6.07 Å². The number of hydrogen-bond acceptors (Lipinski definition) is 3. The van der Waals surface area contributed by atoms with E-state index in [1.54, 1.807) is 27.7 Å². The first-order valence-corrected chi connectivity index (χ1v) is 9.41. The highest BCUT2D eigenvalue weighted by atomic mass is 19.1. The van der Waals surface area contributed by atoms with Crippen molar-refractivity contribution in [2.75, 3.05) is 18.4 Å². The molecule has 3 rings (SSSR count). The average molecular weight is 395 g/mol. The monoisotopic (exact) mass is 395 g/mol. The van der Waals surface area contributed by atoms with Crippen molar-refractivity contribution in [3.8, 4) is 0 Å². The van der Waals surface area contributed by atoms with Gasteiger partial charge in [-0.3, -0.25) is 14.4 Å². The van der Waals surface area contributed by atoms with Crippen molar-refractivity contribution >= 4 is 34.2 Å². The lowest BCUT2D eigenvalue weighted by Crippen LogP contribution is -2.33. The summed E-state index contributed by atoms with van der Waals surface area (Å²) in [6.07, 6.45) is 1.53. The minimum absolute atomic E-state index is 0.0704. The van der Waals surface area contributed by atoms with E-state index in [1.165, 1.54) is 24.4 Å². The quantitative estimate of drug-likeness (QED) is 0.492. The molecule has 0 aliphatic carbocycles. The minimum Gasteiger partial charge on any atom is -0.342 e. The van der Waals surface area contributed by atoms with Crippen molar-refractivity contribution in [3.05, 3.63) is 66.1 Å². The number of anilines is 1. The molecule has 1 heterocycles. The van der Waals surface area contributed by atoms with E-state index in [-0.39, 0.29) is 23.7 Å². The second kappa shape index (κ2) is 8.68. The van der Waals surface area contributed by atoms with Crippen LogP contribution in [-0.2, 0) is 16.1 Å². The third-order valence-corrected chi connectivity index (χ3v) is 4.74. The van der Waals surface area contributed by atoms with Crippen LogP contribution in [0.2, 0.25) is 0 Å². The molecule has 0 atom stereocenters. The molecule has 29 heavy (non-hydrogen) atoms. The Morgan fingerprint density at radius 3 is 2.45 bits per heavy atom. The van der Waals surface area contributed by atoms with E-state index in [2.05, 4.69) is 5.32 Å². The predicted molar refractivity (Wildman–Crippen MR) is 109 cm³/mol. The summed E-state index contributed by atoms with van der Waals surface area (Å²) in [7, 11) is 0. The van der Waals surface area contributed by atoms with E-state index in [9.17, 15) is 18.8 Å². The Balaban J connectivity index is 1.90. The molecule has 0 saturated carbocycles. The molecule has 0 unspecified atom stereocenters. The smallest absolute Gasteiger partial charge is 0.296 e. The van der Waals surface area contributed by atoms with Crippen LogP contribution in [0.15, 0.2) is 54.7 Å². The third kappa shape index (κ3) is 4.34. The first kappa shape index (κ1) is 20.3. The number of Topliss-reactive ketones (excluding diaryl/α,β-unsaturated/α-hetero) is 1. The zero-order valence-electron chi connectivity index (χ0n) is 16.3. The van der Waals surface area contributed by atoms with E-state index < -0.39 is 17.5 Å². The number of aromatic nitrogens is 1. The molecule has 7 heteroatoms. The second-order valence-corrected chi connectivity index (χ2v) is 6.55. The van der Waals surface area contributed by atoms with Crippen LogP contribution in [0.1, 0.15) is 24.2 Å². The van der Waals surface area contributed by atoms with Crippen molar-refractivity contribution in [3.63, 3.8) is 0 Å². The molecule has 0 radical (unpaired) electrons. The van der Waals surface area contributed by atoms with E-state index in [1.807, 2.05) is 19.9 Å². The van der Waals surface area contributed by atoms with Crippen molar-refractivity contribution in [2.45, 2.75) is 20.4 Å². The van der Waals surface area contributed by atoms with Crippen molar-refractivity contribution in [1.29, 1.82) is 0 Å². The summed E-state index contributed by atoms with van der Waals surface area (Å²) < 4.78 is 15.0. The van der Waals surface area contributed by atoms with Gasteiger partial charge in [-0.05, 0) is 38.1 Å². The Morgan fingerprint density at radius 2 is 1.76 bits per heavy atom. The molecule has 0 bridgehead atoms. The summed E-state index contributed by atoms with van der Waals surface area (Å²) >= 11 is 0. The number of para-hydroxylation sites is 1. The summed E-state index contributed by atoms with van der Waals surface area (Å²) in [4.78, 5) is 39.4. The summed E-state index contributed by atoms with van der Waals surface area (Å²) in [5.41, 5.74) is 1.08. The molecular weight excluding hydrogens is 373 g/mol. The van der Waals surface area contributed by atoms with E-state index >= 15 is 0 Å². The van der Waals surface area contributed by atoms with Crippen LogP contribution in [0.5, 0.6) is 0 Å². The average Bonchev–Trinajstić information content (AvgIpc) is 3.07. The normalized spacial score (nSPS) is 10.7. The van der Waals surface area contributed by atoms with Crippen LogP contribution >= 0.6 is 0 Å². The zero-order chi connectivity index (χ0) is 21.0. The maximum Gasteiger partial charge on any atom is 0.296 e. The van der Waals surface area contributed by atoms with Crippen molar-refractivity contribution in [1.82, 2.24) is 9.47 Å². The van der Waals surface area contributed by atoms with Gasteiger partial charge in [0.25, 0.3) is 11.7 Å². The van der Waals surface area contributed by atoms with Crippen molar-refractivity contribution in [2.24, 2.45) is 0 Å². The molecule has 0 fully saturated rings. The van der Waals surface area contributed by atoms with Crippen LogP contribution in [0, 0.1) is 5.82 Å². The number of halogens is 1. The van der Waals surface area contributed by atoms with Crippen LogP contribution in [0.25, 0.3) is 10.9 Å². The lowest BCUT2D eigenvalue weighted by Gasteiger charge is -2.19. The molecule has 150 valence electrons. The standard InChI is InChI=1S/C22H22FN3O3/c1-3-25(4-2)20(27)14-26-13-18(17-10-5-6-11-19(17)26)21(28)22(29)24-16-9-7-8-15(23)12-16/h5-13H,3-4,14H2,1-2H3,(H,24,29). The zero-order valence-corrected chi connectivity index (χ0v) is 16.3. The van der Waals surface area contributed by atoms with E-state index in [0.29, 0.717) is 24.0 Å². The summed E-state index contributed by atoms with van der Waals surface area (Å²) in [5.74, 6) is -2.20. The largest absolute Gasteiger partial charge is 0.342 e. The molecule has 0 saturated heterocycles. The fourth-order valence-electron chi connectivity index (χ4n) is 3.26. The number of hydrogen-bond donors (Lipinski definition) is 1. The third-order valence-electron chi connectivity index (χ3n) is 4.74. The molecule has 2 aromatic carbocycles. The fourth-order valence-corrected chi connectivity index (χ4v) is 3.26. The Labute approximate surface area is 167 Å². The molecule has 0 aliphatic heterocycles. The van der Waals surface area contributed by atoms with Gasteiger partial charge in [0.2, 0.25) is 5.91 Å². The molecule has 1 N–H and O–H groups in total. The Hall–Kier alpha value is -3.48. The molecule has 2 amide bonds. The number of rotatable bonds is 7. The number of carbonyl (C=O) groups excluding carboxylic acids is 3. The number of nitrogens with one attached hydrogen (secondary N) is 1. The van der Waals surface area contributed by atoms with Gasteiger partial charge in [0.1, 0.15) is 12.4 Å². The van der Waals surface area contributed by atoms with Gasteiger partial charge in [0.15, 0.2) is 0 Å². The highest BCUT2D eigenvalue weighted by molar-refractivity contribution is 6.48. The summed E-state index contributed by atoms with van der Waals surface area (Å²) in [5, 5.41) is 3.00. The first-order chi connectivity index (χ1) is 13.9. The fraction of sp³-hybridized carbons (Fsp3) is 0.227. The number of nitrogens with zero attached hydrogens (tertiary/aromatic N) is 2. The molecular formula is C22H22FN3O3. The van der Waals surface area contributed by atoms with Gasteiger partial charge in [0, 0.05) is 35.9 Å². The Kier molecular flexibility index (Phi) is 6.07. The number of carbonyl (C=O) groups is 3.